The Bertz CT molecular complexity index is 5610. The zero-order valence-electron chi connectivity index (χ0n) is 54.1. The van der Waals surface area contributed by atoms with Crippen molar-refractivity contribution in [2.24, 2.45) is 0 Å². The van der Waals surface area contributed by atoms with E-state index in [1.165, 1.54) is 17.0 Å². The van der Waals surface area contributed by atoms with Gasteiger partial charge in [0.1, 0.15) is 5.82 Å². The molecule has 470 valence electrons. The third-order valence-electron chi connectivity index (χ3n) is 20.1. The average molecular weight is 1300 g/mol. The normalized spacial score (nSPS) is 12.8. The lowest BCUT2D eigenvalue weighted by atomic mass is 9.31. The molecule has 19 rings (SSSR count). The molecule has 100 heavy (non-hydrogen) atoms. The number of rotatable bonds is 12. The Kier molecular flexibility index (Phi) is 14.3. The molecular weight excluding hydrogens is 1240 g/mol. The van der Waals surface area contributed by atoms with Gasteiger partial charge in [-0.15, -0.1) is 0 Å². The maximum atomic E-state index is 18.6. The molecule has 0 bridgehead atoms. The van der Waals surface area contributed by atoms with Gasteiger partial charge in [-0.1, -0.05) is 254 Å². The standard InChI is InChI=1S/C90H59B2F2N5S/c93-64-52-73(63-32-12-3-13-33-63)90(78(94)53-64)99-82-59-86-77(58-76(82)91-74-43-23-26-46-80(74)97(67-38-18-6-19-39-67)83-54-70(55-84(99)88(83)91)95(65-34-14-4-15-35-65)66-36-16-5-17-37-66)92-75-44-24-27-47-81(75)98(68-40-20-7-21-41-68)85-56-71(57-87(100-86)89(85)92)96(69-50-48-61(49-51-69)60-28-8-1-9-29-60)79-45-25-22-42-72(79)62-30-10-2-11-31-62/h1-59H. The molecular formula is C90H59B2F2N5S. The Balaban J connectivity index is 0.906. The van der Waals surface area contributed by atoms with E-state index in [9.17, 15) is 0 Å². The molecule has 0 unspecified atom stereocenters. The van der Waals surface area contributed by atoms with E-state index in [1.54, 1.807) is 11.8 Å². The van der Waals surface area contributed by atoms with Crippen LogP contribution >= 0.6 is 11.8 Å². The van der Waals surface area contributed by atoms with Crippen LogP contribution in [0.25, 0.3) is 33.4 Å². The summed E-state index contributed by atoms with van der Waals surface area (Å²) in [5.41, 5.74) is 26.0. The largest absolute Gasteiger partial charge is 0.311 e. The molecule has 15 aromatic carbocycles. The molecule has 0 N–H and O–H groups in total. The summed E-state index contributed by atoms with van der Waals surface area (Å²) in [4.78, 5) is 13.8. The minimum atomic E-state index is -0.679. The van der Waals surface area contributed by atoms with Crippen molar-refractivity contribution >= 4 is 143 Å². The van der Waals surface area contributed by atoms with Crippen LogP contribution in [0.4, 0.5) is 94.1 Å². The summed E-state index contributed by atoms with van der Waals surface area (Å²) in [6.45, 7) is -0.618. The van der Waals surface area contributed by atoms with Crippen molar-refractivity contribution in [3.05, 3.63) is 370 Å². The van der Waals surface area contributed by atoms with E-state index >= 15 is 8.78 Å². The molecule has 0 atom stereocenters. The number of hydrogen-bond donors (Lipinski definition) is 0. The van der Waals surface area contributed by atoms with Gasteiger partial charge < -0.3 is 24.5 Å². The number of para-hydroxylation sites is 7. The molecule has 0 amide bonds. The number of nitrogens with zero attached hydrogens (tertiary/aromatic N) is 5. The molecule has 0 saturated carbocycles. The van der Waals surface area contributed by atoms with Gasteiger partial charge in [-0.05, 0) is 165 Å². The Labute approximate surface area is 585 Å². The van der Waals surface area contributed by atoms with Crippen molar-refractivity contribution in [2.75, 3.05) is 24.5 Å². The number of fused-ring (bicyclic) bond motifs is 8. The zero-order chi connectivity index (χ0) is 66.4. The van der Waals surface area contributed by atoms with Crippen molar-refractivity contribution in [2.45, 2.75) is 9.79 Å². The van der Waals surface area contributed by atoms with E-state index in [1.807, 2.05) is 42.5 Å². The molecule has 0 fully saturated rings. The van der Waals surface area contributed by atoms with Crippen LogP contribution in [0.5, 0.6) is 0 Å². The Morgan fingerprint density at radius 2 is 0.710 bits per heavy atom. The molecule has 0 aliphatic carbocycles. The van der Waals surface area contributed by atoms with Gasteiger partial charge in [0, 0.05) is 95.2 Å². The first-order valence-electron chi connectivity index (χ1n) is 33.9. The van der Waals surface area contributed by atoms with Gasteiger partial charge in [0.2, 0.25) is 6.71 Å². The fraction of sp³-hybridized carbons (Fsp3) is 0. The molecule has 0 spiro atoms. The van der Waals surface area contributed by atoms with Crippen molar-refractivity contribution < 1.29 is 8.78 Å². The number of halogens is 2. The maximum absolute atomic E-state index is 18.6. The molecule has 5 nitrogen and oxygen atoms in total. The van der Waals surface area contributed by atoms with Crippen molar-refractivity contribution in [1.29, 1.82) is 0 Å². The highest BCUT2D eigenvalue weighted by atomic mass is 32.2. The van der Waals surface area contributed by atoms with E-state index in [2.05, 4.69) is 328 Å². The summed E-state index contributed by atoms with van der Waals surface area (Å²) in [7, 11) is 0. The SMILES string of the molecule is Fc1cc(F)c(N2c3cc4c(cc3B3c5ccccc5N(c5ccccc5)c5cc(N(c6ccccc6)c6ccccc6)cc2c53)B2c3ccccc3N(c3ccccc3)c3cc(N(c5ccc(-c6ccccc6)cc5)c5ccccc5-c5ccccc5)cc(c32)S4)c(-c2ccccc2)c1. The van der Waals surface area contributed by atoms with Crippen molar-refractivity contribution in [3.8, 4) is 33.4 Å². The van der Waals surface area contributed by atoms with Crippen LogP contribution in [-0.2, 0) is 0 Å². The lowest BCUT2D eigenvalue weighted by Gasteiger charge is -2.46. The molecule has 4 aliphatic rings. The van der Waals surface area contributed by atoms with Gasteiger partial charge in [0.15, 0.2) is 5.82 Å². The topological polar surface area (TPSA) is 16.2 Å². The van der Waals surface area contributed by atoms with Crippen LogP contribution in [-0.4, -0.2) is 13.4 Å². The Hall–Kier alpha value is -12.4. The van der Waals surface area contributed by atoms with Crippen LogP contribution in [0.15, 0.2) is 368 Å². The van der Waals surface area contributed by atoms with E-state index in [4.69, 9.17) is 0 Å². The van der Waals surface area contributed by atoms with Crippen LogP contribution in [0.3, 0.4) is 0 Å². The summed E-state index contributed by atoms with van der Waals surface area (Å²) < 4.78 is 35.2. The maximum Gasteiger partial charge on any atom is 0.252 e. The quantitative estimate of drug-likeness (QED) is 0.113. The van der Waals surface area contributed by atoms with Gasteiger partial charge in [-0.3, -0.25) is 0 Å². The minimum Gasteiger partial charge on any atom is -0.311 e. The van der Waals surface area contributed by atoms with E-state index in [0.29, 0.717) is 11.1 Å². The lowest BCUT2D eigenvalue weighted by Crippen LogP contribution is -2.64. The third-order valence-corrected chi connectivity index (χ3v) is 21.2. The minimum absolute atomic E-state index is 0.251. The highest BCUT2D eigenvalue weighted by Gasteiger charge is 2.48. The smallest absolute Gasteiger partial charge is 0.252 e. The predicted octanol–water partition coefficient (Wildman–Crippen LogP) is 20.8. The number of anilines is 15. The number of hydrogen-bond acceptors (Lipinski definition) is 6. The third kappa shape index (κ3) is 9.77. The summed E-state index contributed by atoms with van der Waals surface area (Å²) in [5, 5.41) is 0. The predicted molar refractivity (Wildman–Crippen MR) is 416 cm³/mol. The van der Waals surface area contributed by atoms with Crippen molar-refractivity contribution in [1.82, 2.24) is 0 Å². The fourth-order valence-electron chi connectivity index (χ4n) is 15.9. The molecule has 4 heterocycles. The first-order valence-corrected chi connectivity index (χ1v) is 34.7. The summed E-state index contributed by atoms with van der Waals surface area (Å²) in [5.74, 6) is -1.34. The first kappa shape index (κ1) is 58.9. The summed E-state index contributed by atoms with van der Waals surface area (Å²) >= 11 is 1.76. The van der Waals surface area contributed by atoms with Gasteiger partial charge in [0.05, 0.1) is 17.1 Å². The first-order chi connectivity index (χ1) is 49.5. The Morgan fingerprint density at radius 1 is 0.270 bits per heavy atom. The second kappa shape index (κ2) is 24.3. The van der Waals surface area contributed by atoms with Crippen LogP contribution in [0.1, 0.15) is 0 Å². The molecule has 0 aromatic heterocycles. The second-order valence-corrected chi connectivity index (χ2v) is 26.9. The van der Waals surface area contributed by atoms with Gasteiger partial charge >= 0.3 is 0 Å². The number of benzene rings is 15. The monoisotopic (exact) mass is 1300 g/mol. The van der Waals surface area contributed by atoms with Crippen molar-refractivity contribution in [3.63, 3.8) is 0 Å². The molecule has 4 aliphatic heterocycles. The molecule has 15 aromatic rings. The molecule has 0 saturated heterocycles. The lowest BCUT2D eigenvalue weighted by molar-refractivity contribution is 0.585. The fourth-order valence-corrected chi connectivity index (χ4v) is 17.2. The van der Waals surface area contributed by atoms with Gasteiger partial charge in [-0.25, -0.2) is 8.78 Å². The van der Waals surface area contributed by atoms with Crippen LogP contribution in [0, 0.1) is 11.6 Å². The van der Waals surface area contributed by atoms with Crippen LogP contribution < -0.4 is 57.3 Å². The summed E-state index contributed by atoms with van der Waals surface area (Å²) in [6.07, 6.45) is 0. The van der Waals surface area contributed by atoms with E-state index < -0.39 is 11.6 Å². The highest BCUT2D eigenvalue weighted by Crippen LogP contribution is 2.53. The molecule has 10 heteroatoms. The zero-order valence-corrected chi connectivity index (χ0v) is 54.9. The molecule has 0 radical (unpaired) electrons. The van der Waals surface area contributed by atoms with E-state index in [0.717, 1.165) is 140 Å². The van der Waals surface area contributed by atoms with Gasteiger partial charge in [-0.2, -0.15) is 0 Å². The van der Waals surface area contributed by atoms with Crippen LogP contribution in [0.2, 0.25) is 0 Å². The summed E-state index contributed by atoms with van der Waals surface area (Å²) in [6, 6.07) is 125. The highest BCUT2D eigenvalue weighted by molar-refractivity contribution is 8.00. The Morgan fingerprint density at radius 3 is 1.29 bits per heavy atom. The van der Waals surface area contributed by atoms with Gasteiger partial charge in [0.25, 0.3) is 6.71 Å². The van der Waals surface area contributed by atoms with E-state index in [-0.39, 0.29) is 19.1 Å². The second-order valence-electron chi connectivity index (χ2n) is 25.8. The average Bonchev–Trinajstić information content (AvgIpc) is 0.689.